The van der Waals surface area contributed by atoms with Crippen molar-refractivity contribution in [2.45, 2.75) is 33.1 Å². The number of aryl methyl sites for hydroxylation is 1. The highest BCUT2D eigenvalue weighted by Crippen LogP contribution is 2.26. The molecule has 0 unspecified atom stereocenters. The topological polar surface area (TPSA) is 70.7 Å². The fraction of sp³-hybridized carbons (Fsp3) is 0.467. The van der Waals surface area contributed by atoms with E-state index in [4.69, 9.17) is 5.73 Å². The Labute approximate surface area is 119 Å². The lowest BCUT2D eigenvalue weighted by Crippen LogP contribution is -2.27. The maximum absolute atomic E-state index is 10.8. The van der Waals surface area contributed by atoms with Crippen molar-refractivity contribution in [2.75, 3.05) is 18.0 Å². The van der Waals surface area contributed by atoms with Crippen LogP contribution in [0.25, 0.3) is 0 Å². The van der Waals surface area contributed by atoms with Crippen LogP contribution < -0.4 is 16.1 Å². The summed E-state index contributed by atoms with van der Waals surface area (Å²) in [4.78, 5) is 13.1. The number of hydrogen-bond acceptors (Lipinski definition) is 3. The lowest BCUT2D eigenvalue weighted by molar-refractivity contribution is 0.249. The Morgan fingerprint density at radius 1 is 1.35 bits per heavy atom. The van der Waals surface area contributed by atoms with Gasteiger partial charge in [0.05, 0.1) is 5.71 Å². The molecule has 1 aliphatic carbocycles. The second-order valence-electron chi connectivity index (χ2n) is 4.90. The number of urea groups is 1. The van der Waals surface area contributed by atoms with Crippen molar-refractivity contribution in [1.29, 1.82) is 0 Å². The minimum Gasteiger partial charge on any atom is -0.372 e. The maximum atomic E-state index is 10.8. The lowest BCUT2D eigenvalue weighted by atomic mass is 9.89. The molecule has 0 atom stereocenters. The molecule has 108 valence electrons. The molecule has 2 rings (SSSR count). The largest absolute Gasteiger partial charge is 0.372 e. The second kappa shape index (κ2) is 6.41. The van der Waals surface area contributed by atoms with E-state index in [0.717, 1.165) is 43.6 Å². The van der Waals surface area contributed by atoms with Gasteiger partial charge < -0.3 is 10.6 Å². The van der Waals surface area contributed by atoms with Crippen LogP contribution in [-0.2, 0) is 6.42 Å². The summed E-state index contributed by atoms with van der Waals surface area (Å²) in [5.74, 6) is 0. The molecule has 0 radical (unpaired) electrons. The van der Waals surface area contributed by atoms with Crippen LogP contribution in [0.2, 0.25) is 0 Å². The number of hydrogen-bond donors (Lipinski definition) is 2. The number of carbonyl (C=O) groups excluding carboxylic acids is 1. The Bertz CT molecular complexity index is 521. The van der Waals surface area contributed by atoms with Crippen LogP contribution in [0, 0.1) is 0 Å². The number of nitrogens with two attached hydrogens (primary N) is 1. The molecule has 0 saturated heterocycles. The van der Waals surface area contributed by atoms with Crippen LogP contribution in [-0.4, -0.2) is 24.8 Å². The van der Waals surface area contributed by atoms with Gasteiger partial charge in [-0.25, -0.2) is 10.2 Å². The SMILES string of the molecule is CCN(CC)c1ccc2c(c1)CCCC2=NNC(N)=O. The number of nitrogens with one attached hydrogen (secondary N) is 1. The summed E-state index contributed by atoms with van der Waals surface area (Å²) < 4.78 is 0. The first-order valence-corrected chi connectivity index (χ1v) is 7.16. The summed E-state index contributed by atoms with van der Waals surface area (Å²) in [6, 6.07) is 5.84. The number of fused-ring (bicyclic) bond motifs is 1. The first-order valence-electron chi connectivity index (χ1n) is 7.16. The van der Waals surface area contributed by atoms with Gasteiger partial charge in [-0.2, -0.15) is 5.10 Å². The normalized spacial score (nSPS) is 15.8. The van der Waals surface area contributed by atoms with Crippen molar-refractivity contribution < 1.29 is 4.79 Å². The zero-order chi connectivity index (χ0) is 14.5. The van der Waals surface area contributed by atoms with E-state index >= 15 is 0 Å². The average Bonchev–Trinajstić information content (AvgIpc) is 2.46. The van der Waals surface area contributed by atoms with Gasteiger partial charge in [0, 0.05) is 24.3 Å². The standard InChI is InChI=1S/C15H22N4O/c1-3-19(4-2)12-8-9-13-11(10-12)6-5-7-14(13)17-18-15(16)20/h8-10H,3-7H2,1-2H3,(H3,16,18,20). The summed E-state index contributed by atoms with van der Waals surface area (Å²) in [5.41, 5.74) is 12.0. The Balaban J connectivity index is 2.30. The van der Waals surface area contributed by atoms with Crippen LogP contribution in [0.1, 0.15) is 37.8 Å². The molecule has 0 fully saturated rings. The molecule has 1 aliphatic rings. The van der Waals surface area contributed by atoms with E-state index in [2.05, 4.69) is 47.5 Å². The Morgan fingerprint density at radius 3 is 2.75 bits per heavy atom. The number of primary amides is 1. The van der Waals surface area contributed by atoms with Gasteiger partial charge in [0.2, 0.25) is 0 Å². The van der Waals surface area contributed by atoms with E-state index in [0.29, 0.717) is 0 Å². The van der Waals surface area contributed by atoms with Crippen LogP contribution in [0.5, 0.6) is 0 Å². The molecule has 0 heterocycles. The molecule has 2 amide bonds. The van der Waals surface area contributed by atoms with E-state index < -0.39 is 6.03 Å². The number of nitrogens with zero attached hydrogens (tertiary/aromatic N) is 2. The minimum atomic E-state index is -0.621. The fourth-order valence-electron chi connectivity index (χ4n) is 2.67. The highest BCUT2D eigenvalue weighted by Gasteiger charge is 2.17. The highest BCUT2D eigenvalue weighted by atomic mass is 16.2. The highest BCUT2D eigenvalue weighted by molar-refractivity contribution is 6.03. The Morgan fingerprint density at radius 2 is 2.10 bits per heavy atom. The smallest absolute Gasteiger partial charge is 0.332 e. The van der Waals surface area contributed by atoms with Crippen molar-refractivity contribution in [3.8, 4) is 0 Å². The average molecular weight is 274 g/mol. The first-order chi connectivity index (χ1) is 9.65. The fourth-order valence-corrected chi connectivity index (χ4v) is 2.67. The van der Waals surface area contributed by atoms with E-state index in [9.17, 15) is 4.79 Å². The number of hydrazone groups is 1. The van der Waals surface area contributed by atoms with Gasteiger partial charge in [-0.3, -0.25) is 0 Å². The minimum absolute atomic E-state index is 0.621. The van der Waals surface area contributed by atoms with Gasteiger partial charge in [0.1, 0.15) is 0 Å². The molecule has 3 N–H and O–H groups in total. The maximum Gasteiger partial charge on any atom is 0.332 e. The summed E-state index contributed by atoms with van der Waals surface area (Å²) in [6.07, 6.45) is 2.98. The predicted octanol–water partition coefficient (Wildman–Crippen LogP) is 2.24. The van der Waals surface area contributed by atoms with Gasteiger partial charge in [-0.05, 0) is 50.8 Å². The molecule has 0 aliphatic heterocycles. The zero-order valence-corrected chi connectivity index (χ0v) is 12.1. The number of amides is 2. The number of carbonyl (C=O) groups is 1. The van der Waals surface area contributed by atoms with Crippen molar-refractivity contribution in [1.82, 2.24) is 5.43 Å². The van der Waals surface area contributed by atoms with E-state index in [1.807, 2.05) is 0 Å². The molecule has 0 aromatic heterocycles. The number of anilines is 1. The molecule has 0 saturated carbocycles. The summed E-state index contributed by atoms with van der Waals surface area (Å²) >= 11 is 0. The molecule has 0 bridgehead atoms. The molecule has 1 aromatic carbocycles. The Hall–Kier alpha value is -2.04. The lowest BCUT2D eigenvalue weighted by Gasteiger charge is -2.24. The molecular formula is C15H22N4O. The quantitative estimate of drug-likeness (QED) is 0.827. The predicted molar refractivity (Wildman–Crippen MR) is 82.2 cm³/mol. The molecule has 5 nitrogen and oxygen atoms in total. The third-order valence-corrected chi connectivity index (χ3v) is 3.69. The second-order valence-corrected chi connectivity index (χ2v) is 4.90. The van der Waals surface area contributed by atoms with Crippen molar-refractivity contribution in [3.05, 3.63) is 29.3 Å². The van der Waals surface area contributed by atoms with Crippen molar-refractivity contribution in [2.24, 2.45) is 10.8 Å². The molecule has 20 heavy (non-hydrogen) atoms. The first kappa shape index (κ1) is 14.4. The molecule has 1 aromatic rings. The van der Waals surface area contributed by atoms with E-state index in [-0.39, 0.29) is 0 Å². The molecule has 5 heteroatoms. The number of benzene rings is 1. The van der Waals surface area contributed by atoms with Gasteiger partial charge in [-0.1, -0.05) is 6.07 Å². The molecule has 0 spiro atoms. The van der Waals surface area contributed by atoms with Crippen LogP contribution in [0.3, 0.4) is 0 Å². The van der Waals surface area contributed by atoms with Gasteiger partial charge in [0.15, 0.2) is 0 Å². The third kappa shape index (κ3) is 3.10. The van der Waals surface area contributed by atoms with Crippen LogP contribution in [0.15, 0.2) is 23.3 Å². The zero-order valence-electron chi connectivity index (χ0n) is 12.1. The summed E-state index contributed by atoms with van der Waals surface area (Å²) in [7, 11) is 0. The van der Waals surface area contributed by atoms with Crippen molar-refractivity contribution in [3.63, 3.8) is 0 Å². The third-order valence-electron chi connectivity index (χ3n) is 3.69. The monoisotopic (exact) mass is 274 g/mol. The van der Waals surface area contributed by atoms with Crippen molar-refractivity contribution >= 4 is 17.4 Å². The molecular weight excluding hydrogens is 252 g/mol. The van der Waals surface area contributed by atoms with E-state index in [1.165, 1.54) is 11.3 Å². The summed E-state index contributed by atoms with van der Waals surface area (Å²) in [6.45, 7) is 6.32. The van der Waals surface area contributed by atoms with E-state index in [1.54, 1.807) is 0 Å². The van der Waals surface area contributed by atoms with Crippen LogP contribution >= 0.6 is 0 Å². The van der Waals surface area contributed by atoms with Gasteiger partial charge in [0.25, 0.3) is 0 Å². The van der Waals surface area contributed by atoms with Gasteiger partial charge >= 0.3 is 6.03 Å². The summed E-state index contributed by atoms with van der Waals surface area (Å²) in [5, 5.41) is 4.12. The van der Waals surface area contributed by atoms with Crippen LogP contribution in [0.4, 0.5) is 10.5 Å². The number of rotatable bonds is 4. The Kier molecular flexibility index (Phi) is 4.61. The van der Waals surface area contributed by atoms with Gasteiger partial charge in [-0.15, -0.1) is 0 Å².